The normalized spacial score (nSPS) is 19.6. The fraction of sp³-hybridized carbons (Fsp3) is 0.263. The molecule has 6 heteroatoms. The molecule has 1 aromatic heterocycles. The molecule has 0 fully saturated rings. The van der Waals surface area contributed by atoms with Gasteiger partial charge in [-0.05, 0) is 54.9 Å². The van der Waals surface area contributed by atoms with Crippen molar-refractivity contribution >= 4 is 20.9 Å². The van der Waals surface area contributed by atoms with Gasteiger partial charge in [0.2, 0.25) is 0 Å². The average molecular weight is 356 g/mol. The topological polar surface area (TPSA) is 71.3 Å². The first kappa shape index (κ1) is 16.3. The fourth-order valence-corrected chi connectivity index (χ4v) is 5.18. The van der Waals surface area contributed by atoms with E-state index in [1.54, 1.807) is 36.5 Å². The molecule has 1 aliphatic carbocycles. The van der Waals surface area contributed by atoms with Crippen molar-refractivity contribution in [3.8, 4) is 0 Å². The molecule has 2 N–H and O–H groups in total. The summed E-state index contributed by atoms with van der Waals surface area (Å²) in [7, 11) is -1.72. The largest absolute Gasteiger partial charge is 0.396 e. The Morgan fingerprint density at radius 2 is 1.88 bits per heavy atom. The lowest BCUT2D eigenvalue weighted by molar-refractivity contribution is 0.251. The third-order valence-electron chi connectivity index (χ3n) is 5.05. The van der Waals surface area contributed by atoms with Crippen molar-refractivity contribution in [3.05, 3.63) is 65.9 Å². The van der Waals surface area contributed by atoms with Crippen molar-refractivity contribution in [2.24, 2.45) is 0 Å². The van der Waals surface area contributed by atoms with E-state index >= 15 is 0 Å². The molecule has 0 bridgehead atoms. The molecule has 1 heterocycles. The van der Waals surface area contributed by atoms with E-state index in [4.69, 9.17) is 0 Å². The van der Waals surface area contributed by atoms with Crippen LogP contribution in [0, 0.1) is 0 Å². The van der Waals surface area contributed by atoms with Crippen molar-refractivity contribution in [3.63, 3.8) is 0 Å². The first-order chi connectivity index (χ1) is 12.1. The molecule has 0 amide bonds. The molecule has 3 aromatic rings. The first-order valence-corrected chi connectivity index (χ1v) is 9.75. The fourth-order valence-electron chi connectivity index (χ4n) is 3.82. The number of rotatable bonds is 5. The maximum absolute atomic E-state index is 13.0. The van der Waals surface area contributed by atoms with Gasteiger partial charge in [-0.1, -0.05) is 18.2 Å². The molecular weight excluding hydrogens is 336 g/mol. The Hall–Kier alpha value is -2.15. The maximum atomic E-state index is 13.0. The van der Waals surface area contributed by atoms with Crippen molar-refractivity contribution < 1.29 is 13.5 Å². The zero-order valence-corrected chi connectivity index (χ0v) is 14.7. The molecule has 1 aliphatic rings. The van der Waals surface area contributed by atoms with Crippen LogP contribution in [-0.4, -0.2) is 31.2 Å². The molecule has 0 aliphatic heterocycles. The highest BCUT2D eigenvalue weighted by molar-refractivity contribution is 7.90. The van der Waals surface area contributed by atoms with Crippen LogP contribution in [0.3, 0.4) is 0 Å². The lowest BCUT2D eigenvalue weighted by Crippen LogP contribution is -2.34. The lowest BCUT2D eigenvalue weighted by atomic mass is 9.71. The van der Waals surface area contributed by atoms with Crippen LogP contribution in [0.2, 0.25) is 0 Å². The van der Waals surface area contributed by atoms with Gasteiger partial charge in [-0.3, -0.25) is 0 Å². The number of hydrogen-bond acceptors (Lipinski definition) is 4. The molecule has 5 nitrogen and oxygen atoms in total. The number of hydrogen-bond donors (Lipinski definition) is 2. The second-order valence-corrected chi connectivity index (χ2v) is 8.17. The number of nitrogens with one attached hydrogen (secondary N) is 1. The van der Waals surface area contributed by atoms with Gasteiger partial charge in [0.05, 0.1) is 10.4 Å². The Morgan fingerprint density at radius 3 is 2.56 bits per heavy atom. The van der Waals surface area contributed by atoms with Crippen LogP contribution < -0.4 is 5.32 Å². The standard InChI is InChI=1S/C19H20N2O3S/c1-20-19-15(8-10-22)16-12-18-13(11-17(16)19)7-9-21(18)25(23,24)14-5-3-2-4-6-14/h2-7,9,11-12,15,19-20,22H,8,10H2,1H3/t15-,19+/m1/s1. The summed E-state index contributed by atoms with van der Waals surface area (Å²) in [5, 5.41) is 13.5. The number of likely N-dealkylation sites (N-methyl/N-ethyl adjacent to an activating group) is 1. The van der Waals surface area contributed by atoms with Crippen molar-refractivity contribution in [1.29, 1.82) is 0 Å². The van der Waals surface area contributed by atoms with E-state index in [-0.39, 0.29) is 23.5 Å². The highest BCUT2D eigenvalue weighted by Crippen LogP contribution is 2.48. The summed E-state index contributed by atoms with van der Waals surface area (Å²) in [4.78, 5) is 0.273. The van der Waals surface area contributed by atoms with Crippen LogP contribution in [0.25, 0.3) is 10.9 Å². The molecule has 2 aromatic carbocycles. The molecule has 130 valence electrons. The Bertz CT molecular complexity index is 1030. The molecule has 4 rings (SSSR count). The Balaban J connectivity index is 1.86. The minimum atomic E-state index is -3.62. The van der Waals surface area contributed by atoms with Gasteiger partial charge in [0.15, 0.2) is 0 Å². The smallest absolute Gasteiger partial charge is 0.268 e. The summed E-state index contributed by atoms with van der Waals surface area (Å²) >= 11 is 0. The Morgan fingerprint density at radius 1 is 1.12 bits per heavy atom. The van der Waals surface area contributed by atoms with E-state index in [1.165, 1.54) is 9.54 Å². The Kier molecular flexibility index (Phi) is 3.91. The summed E-state index contributed by atoms with van der Waals surface area (Å²) < 4.78 is 27.3. The van der Waals surface area contributed by atoms with Gasteiger partial charge >= 0.3 is 0 Å². The van der Waals surface area contributed by atoms with Crippen molar-refractivity contribution in [2.45, 2.75) is 23.3 Å². The van der Waals surface area contributed by atoms with E-state index in [1.807, 2.05) is 19.2 Å². The summed E-state index contributed by atoms with van der Waals surface area (Å²) in [6, 6.07) is 14.5. The van der Waals surface area contributed by atoms with Crippen LogP contribution in [0.1, 0.15) is 29.5 Å². The first-order valence-electron chi connectivity index (χ1n) is 8.31. The van der Waals surface area contributed by atoms with Gasteiger partial charge in [-0.2, -0.15) is 0 Å². The number of nitrogens with zero attached hydrogens (tertiary/aromatic N) is 1. The van der Waals surface area contributed by atoms with Gasteiger partial charge in [-0.25, -0.2) is 12.4 Å². The third kappa shape index (κ3) is 2.40. The van der Waals surface area contributed by atoms with Gasteiger partial charge in [0.25, 0.3) is 10.0 Å². The van der Waals surface area contributed by atoms with E-state index in [0.29, 0.717) is 11.9 Å². The van der Waals surface area contributed by atoms with Crippen LogP contribution in [0.4, 0.5) is 0 Å². The minimum Gasteiger partial charge on any atom is -0.396 e. The maximum Gasteiger partial charge on any atom is 0.268 e. The molecular formula is C19H20N2O3S. The van der Waals surface area contributed by atoms with E-state index in [2.05, 4.69) is 11.4 Å². The van der Waals surface area contributed by atoms with Crippen LogP contribution >= 0.6 is 0 Å². The second-order valence-electron chi connectivity index (χ2n) is 6.35. The molecule has 2 atom stereocenters. The third-order valence-corrected chi connectivity index (χ3v) is 6.75. The number of aromatic nitrogens is 1. The predicted octanol–water partition coefficient (Wildman–Crippen LogP) is 2.62. The molecule has 0 saturated heterocycles. The highest BCUT2D eigenvalue weighted by atomic mass is 32.2. The SMILES string of the molecule is CN[C@@H]1c2cc3ccn(S(=O)(=O)c4ccccc4)c3cc2[C@H]1CCO. The zero-order valence-electron chi connectivity index (χ0n) is 13.9. The van der Waals surface area contributed by atoms with Gasteiger partial charge < -0.3 is 10.4 Å². The summed E-state index contributed by atoms with van der Waals surface area (Å²) in [5.41, 5.74) is 2.98. The van der Waals surface area contributed by atoms with Crippen LogP contribution in [0.15, 0.2) is 59.6 Å². The Labute approximate surface area is 147 Å². The number of fused-ring (bicyclic) bond motifs is 2. The predicted molar refractivity (Wildman–Crippen MR) is 97.2 cm³/mol. The summed E-state index contributed by atoms with van der Waals surface area (Å²) in [6.45, 7) is 0.115. The van der Waals surface area contributed by atoms with E-state index < -0.39 is 10.0 Å². The highest BCUT2D eigenvalue weighted by Gasteiger charge is 2.37. The molecule has 0 spiro atoms. The molecule has 25 heavy (non-hydrogen) atoms. The van der Waals surface area contributed by atoms with Gasteiger partial charge in [-0.15, -0.1) is 0 Å². The average Bonchev–Trinajstić information content (AvgIpc) is 3.04. The van der Waals surface area contributed by atoms with Crippen LogP contribution in [-0.2, 0) is 10.0 Å². The zero-order chi connectivity index (χ0) is 17.6. The monoisotopic (exact) mass is 356 g/mol. The van der Waals surface area contributed by atoms with Crippen molar-refractivity contribution in [2.75, 3.05) is 13.7 Å². The number of aliphatic hydroxyl groups excluding tert-OH is 1. The summed E-state index contributed by atoms with van der Waals surface area (Å²) in [5.74, 6) is 0.206. The van der Waals surface area contributed by atoms with E-state index in [0.717, 1.165) is 10.9 Å². The quantitative estimate of drug-likeness (QED) is 0.737. The molecule has 0 saturated carbocycles. The van der Waals surface area contributed by atoms with Crippen molar-refractivity contribution in [1.82, 2.24) is 9.29 Å². The molecule has 0 radical (unpaired) electrons. The van der Waals surface area contributed by atoms with Gasteiger partial charge in [0.1, 0.15) is 0 Å². The number of aliphatic hydroxyl groups is 1. The molecule has 0 unspecified atom stereocenters. The minimum absolute atomic E-state index is 0.115. The van der Waals surface area contributed by atoms with Crippen LogP contribution in [0.5, 0.6) is 0 Å². The number of benzene rings is 2. The van der Waals surface area contributed by atoms with E-state index in [9.17, 15) is 13.5 Å². The second kappa shape index (κ2) is 5.98. The lowest BCUT2D eigenvalue weighted by Gasteiger charge is -2.39. The summed E-state index contributed by atoms with van der Waals surface area (Å²) in [6.07, 6.45) is 2.28. The van der Waals surface area contributed by atoms with Gasteiger partial charge in [0, 0.05) is 30.1 Å².